The van der Waals surface area contributed by atoms with Crippen molar-refractivity contribution in [2.24, 2.45) is 0 Å². The minimum atomic E-state index is -0.470. The Balaban J connectivity index is 2.31. The first kappa shape index (κ1) is 15.1. The molecule has 0 spiro atoms. The zero-order chi connectivity index (χ0) is 15.6. The minimum Gasteiger partial charge on any atom is -0.465 e. The molecule has 0 aliphatic heterocycles. The summed E-state index contributed by atoms with van der Waals surface area (Å²) >= 11 is 1.33. The van der Waals surface area contributed by atoms with Gasteiger partial charge in [-0.2, -0.15) is 0 Å². The molecular formula is C14H15N3O3S. The van der Waals surface area contributed by atoms with Gasteiger partial charge in [-0.1, -0.05) is 0 Å². The van der Waals surface area contributed by atoms with Crippen LogP contribution in [0.3, 0.4) is 0 Å². The highest BCUT2D eigenvalue weighted by atomic mass is 32.1. The molecule has 0 saturated carbocycles. The number of anilines is 1. The molecule has 0 bridgehead atoms. The molecule has 0 unspecified atom stereocenters. The van der Waals surface area contributed by atoms with Gasteiger partial charge in [0.15, 0.2) is 0 Å². The van der Waals surface area contributed by atoms with Gasteiger partial charge in [-0.15, -0.1) is 11.3 Å². The first-order chi connectivity index (χ1) is 9.93. The predicted molar refractivity (Wildman–Crippen MR) is 79.9 cm³/mol. The van der Waals surface area contributed by atoms with E-state index in [2.05, 4.69) is 15.3 Å². The summed E-state index contributed by atoms with van der Waals surface area (Å²) in [6.45, 7) is 5.49. The minimum absolute atomic E-state index is 0.195. The summed E-state index contributed by atoms with van der Waals surface area (Å²) in [5, 5.41) is 3.16. The maximum absolute atomic E-state index is 12.2. The average molecular weight is 305 g/mol. The van der Waals surface area contributed by atoms with E-state index in [-0.39, 0.29) is 5.69 Å². The number of methoxy groups -OCH3 is 1. The average Bonchev–Trinajstić information content (AvgIpc) is 2.73. The van der Waals surface area contributed by atoms with Crippen molar-refractivity contribution in [2.75, 3.05) is 12.4 Å². The number of nitrogens with zero attached hydrogens (tertiary/aromatic N) is 2. The summed E-state index contributed by atoms with van der Waals surface area (Å²) in [5.74, 6) is -0.879. The third-order valence-electron chi connectivity index (χ3n) is 3.02. The maximum atomic E-state index is 12.2. The molecule has 2 heterocycles. The van der Waals surface area contributed by atoms with E-state index >= 15 is 0 Å². The lowest BCUT2D eigenvalue weighted by Gasteiger charge is -2.05. The number of rotatable bonds is 3. The first-order valence-corrected chi connectivity index (χ1v) is 7.04. The van der Waals surface area contributed by atoms with Crippen LogP contribution in [0.4, 0.5) is 5.00 Å². The normalized spacial score (nSPS) is 10.3. The van der Waals surface area contributed by atoms with Crippen LogP contribution in [0, 0.1) is 20.8 Å². The molecule has 0 saturated heterocycles. The van der Waals surface area contributed by atoms with Gasteiger partial charge in [0.1, 0.15) is 10.7 Å². The van der Waals surface area contributed by atoms with Crippen molar-refractivity contribution in [1.82, 2.24) is 9.97 Å². The summed E-state index contributed by atoms with van der Waals surface area (Å²) < 4.78 is 4.76. The van der Waals surface area contributed by atoms with Crippen LogP contribution >= 0.6 is 11.3 Å². The molecule has 6 nitrogen and oxygen atoms in total. The van der Waals surface area contributed by atoms with Crippen LogP contribution in [0.15, 0.2) is 12.4 Å². The van der Waals surface area contributed by atoms with Gasteiger partial charge in [0.05, 0.1) is 24.6 Å². The highest BCUT2D eigenvalue weighted by Gasteiger charge is 2.22. The van der Waals surface area contributed by atoms with E-state index in [1.807, 2.05) is 13.8 Å². The van der Waals surface area contributed by atoms with Crippen molar-refractivity contribution in [3.63, 3.8) is 0 Å². The number of ether oxygens (including phenoxy) is 1. The summed E-state index contributed by atoms with van der Waals surface area (Å²) in [5.41, 5.74) is 2.11. The maximum Gasteiger partial charge on any atom is 0.341 e. The van der Waals surface area contributed by atoms with E-state index in [9.17, 15) is 9.59 Å². The van der Waals surface area contributed by atoms with Crippen molar-refractivity contribution in [2.45, 2.75) is 20.8 Å². The highest BCUT2D eigenvalue weighted by Crippen LogP contribution is 2.33. The second kappa shape index (κ2) is 6.01. The molecule has 0 aliphatic carbocycles. The molecule has 21 heavy (non-hydrogen) atoms. The Bertz CT molecular complexity index is 692. The van der Waals surface area contributed by atoms with Crippen molar-refractivity contribution in [3.05, 3.63) is 39.8 Å². The van der Waals surface area contributed by atoms with Crippen LogP contribution in [0.2, 0.25) is 0 Å². The largest absolute Gasteiger partial charge is 0.465 e. The van der Waals surface area contributed by atoms with Crippen LogP contribution in [0.25, 0.3) is 0 Å². The molecular weight excluding hydrogens is 290 g/mol. The predicted octanol–water partition coefficient (Wildman–Crippen LogP) is 2.50. The number of carbonyl (C=O) groups excluding carboxylic acids is 2. The Kier molecular flexibility index (Phi) is 4.32. The fraction of sp³-hybridized carbons (Fsp3) is 0.286. The fourth-order valence-corrected chi connectivity index (χ4v) is 2.78. The highest BCUT2D eigenvalue weighted by molar-refractivity contribution is 7.16. The molecule has 2 aromatic heterocycles. The molecule has 0 aliphatic rings. The Morgan fingerprint density at radius 2 is 1.90 bits per heavy atom. The molecule has 1 N–H and O–H groups in total. The van der Waals surface area contributed by atoms with Crippen LogP contribution in [-0.4, -0.2) is 29.0 Å². The molecule has 1 amide bonds. The van der Waals surface area contributed by atoms with E-state index in [1.165, 1.54) is 30.8 Å². The van der Waals surface area contributed by atoms with Gasteiger partial charge in [-0.25, -0.2) is 9.78 Å². The van der Waals surface area contributed by atoms with Crippen molar-refractivity contribution >= 4 is 28.2 Å². The number of carbonyl (C=O) groups is 2. The summed E-state index contributed by atoms with van der Waals surface area (Å²) in [6, 6.07) is 0. The molecule has 2 aromatic rings. The van der Waals surface area contributed by atoms with Gasteiger partial charge in [0.2, 0.25) is 0 Å². The lowest BCUT2D eigenvalue weighted by Crippen LogP contribution is -2.16. The Labute approximate surface area is 126 Å². The molecule has 0 radical (unpaired) electrons. The van der Waals surface area contributed by atoms with Gasteiger partial charge in [0, 0.05) is 11.1 Å². The van der Waals surface area contributed by atoms with E-state index in [0.717, 1.165) is 16.1 Å². The Morgan fingerprint density at radius 1 is 1.19 bits per heavy atom. The van der Waals surface area contributed by atoms with Gasteiger partial charge in [0.25, 0.3) is 5.91 Å². The van der Waals surface area contributed by atoms with Gasteiger partial charge < -0.3 is 10.1 Å². The standard InChI is InChI=1S/C14H15N3O3S/c1-7-5-16-10(6-15-7)12(18)17-13-11(14(19)20-4)8(2)9(3)21-13/h5-6H,1-4H3,(H,17,18). The van der Waals surface area contributed by atoms with E-state index in [1.54, 1.807) is 6.92 Å². The SMILES string of the molecule is COC(=O)c1c(NC(=O)c2cnc(C)cn2)sc(C)c1C. The van der Waals surface area contributed by atoms with E-state index in [4.69, 9.17) is 4.74 Å². The van der Waals surface area contributed by atoms with Gasteiger partial charge >= 0.3 is 5.97 Å². The van der Waals surface area contributed by atoms with Crippen LogP contribution in [0.5, 0.6) is 0 Å². The Hall–Kier alpha value is -2.28. The number of aromatic nitrogens is 2. The van der Waals surface area contributed by atoms with Crippen LogP contribution in [-0.2, 0) is 4.74 Å². The van der Waals surface area contributed by atoms with Gasteiger partial charge in [-0.3, -0.25) is 9.78 Å². The molecule has 0 aromatic carbocycles. The first-order valence-electron chi connectivity index (χ1n) is 6.22. The third kappa shape index (κ3) is 3.08. The molecule has 2 rings (SSSR count). The second-order valence-electron chi connectivity index (χ2n) is 4.48. The van der Waals surface area contributed by atoms with Crippen molar-refractivity contribution < 1.29 is 14.3 Å². The van der Waals surface area contributed by atoms with Crippen LogP contribution < -0.4 is 5.32 Å². The number of nitrogens with one attached hydrogen (secondary N) is 1. The lowest BCUT2D eigenvalue weighted by atomic mass is 10.1. The molecule has 0 atom stereocenters. The number of amides is 1. The van der Waals surface area contributed by atoms with Crippen molar-refractivity contribution in [3.8, 4) is 0 Å². The third-order valence-corrected chi connectivity index (χ3v) is 4.14. The quantitative estimate of drug-likeness (QED) is 0.881. The Morgan fingerprint density at radius 3 is 2.48 bits per heavy atom. The van der Waals surface area contributed by atoms with Crippen molar-refractivity contribution in [1.29, 1.82) is 0 Å². The summed E-state index contributed by atoms with van der Waals surface area (Å²) in [6.07, 6.45) is 2.91. The van der Waals surface area contributed by atoms with Crippen LogP contribution in [0.1, 0.15) is 37.0 Å². The fourth-order valence-electron chi connectivity index (χ4n) is 1.74. The monoisotopic (exact) mass is 305 g/mol. The molecule has 0 fully saturated rings. The molecule has 110 valence electrons. The lowest BCUT2D eigenvalue weighted by molar-refractivity contribution is 0.0601. The summed E-state index contributed by atoms with van der Waals surface area (Å²) in [4.78, 5) is 33.0. The zero-order valence-corrected chi connectivity index (χ0v) is 13.0. The second-order valence-corrected chi connectivity index (χ2v) is 5.70. The zero-order valence-electron chi connectivity index (χ0n) is 12.2. The number of thiophene rings is 1. The number of hydrogen-bond donors (Lipinski definition) is 1. The molecule has 7 heteroatoms. The smallest absolute Gasteiger partial charge is 0.341 e. The van der Waals surface area contributed by atoms with Gasteiger partial charge in [-0.05, 0) is 26.3 Å². The summed E-state index contributed by atoms with van der Waals surface area (Å²) in [7, 11) is 1.31. The number of esters is 1. The number of aryl methyl sites for hydroxylation is 2. The van der Waals surface area contributed by atoms with E-state index in [0.29, 0.717) is 10.6 Å². The topological polar surface area (TPSA) is 81.2 Å². The van der Waals surface area contributed by atoms with E-state index < -0.39 is 11.9 Å². The number of hydrogen-bond acceptors (Lipinski definition) is 6.